The van der Waals surface area contributed by atoms with Crippen LogP contribution in [0.5, 0.6) is 0 Å². The van der Waals surface area contributed by atoms with Crippen molar-refractivity contribution >= 4 is 29.3 Å². The van der Waals surface area contributed by atoms with Gasteiger partial charge >= 0.3 is 0 Å². The summed E-state index contributed by atoms with van der Waals surface area (Å²) in [7, 11) is 1.79. The van der Waals surface area contributed by atoms with Gasteiger partial charge in [0.2, 0.25) is 5.91 Å². The van der Waals surface area contributed by atoms with Crippen LogP contribution < -0.4 is 0 Å². The summed E-state index contributed by atoms with van der Waals surface area (Å²) in [6, 6.07) is 7.52. The lowest BCUT2D eigenvalue weighted by molar-refractivity contribution is -0.127. The van der Waals surface area contributed by atoms with E-state index in [2.05, 4.69) is 0 Å². The van der Waals surface area contributed by atoms with Crippen molar-refractivity contribution < 1.29 is 9.90 Å². The molecule has 1 aromatic carbocycles. The fraction of sp³-hybridized carbons (Fsp3) is 0.462. The molecule has 1 N–H and O–H groups in total. The maximum absolute atomic E-state index is 11.8. The zero-order valence-electron chi connectivity index (χ0n) is 10.4. The van der Waals surface area contributed by atoms with Crippen LogP contribution in [0.25, 0.3) is 0 Å². The molecule has 100 valence electrons. The molecule has 0 heterocycles. The van der Waals surface area contributed by atoms with E-state index in [1.165, 1.54) is 0 Å². The smallest absolute Gasteiger partial charge is 0.232 e. The molecule has 1 amide bonds. The Balaban J connectivity index is 2.35. The lowest BCUT2D eigenvalue weighted by Gasteiger charge is -2.17. The van der Waals surface area contributed by atoms with Crippen LogP contribution in [0.2, 0.25) is 5.02 Å². The number of halogens is 1. The van der Waals surface area contributed by atoms with Crippen molar-refractivity contribution in [3.63, 3.8) is 0 Å². The molecule has 0 atom stereocenters. The molecule has 0 aliphatic rings. The first kappa shape index (κ1) is 15.3. The van der Waals surface area contributed by atoms with E-state index in [-0.39, 0.29) is 12.5 Å². The van der Waals surface area contributed by atoms with Crippen molar-refractivity contribution in [2.45, 2.75) is 13.0 Å². The first-order valence-corrected chi connectivity index (χ1v) is 7.33. The zero-order valence-corrected chi connectivity index (χ0v) is 12.0. The minimum atomic E-state index is 0.0953. The van der Waals surface area contributed by atoms with Gasteiger partial charge in [0.05, 0.1) is 5.75 Å². The Hall–Kier alpha value is -0.710. The Bertz CT molecular complexity index is 387. The van der Waals surface area contributed by atoms with Crippen LogP contribution in [0.1, 0.15) is 12.0 Å². The molecule has 5 heteroatoms. The van der Waals surface area contributed by atoms with E-state index in [0.717, 1.165) is 17.7 Å². The lowest BCUT2D eigenvalue weighted by atomic mass is 10.2. The second-order valence-electron chi connectivity index (χ2n) is 4.01. The fourth-order valence-electron chi connectivity index (χ4n) is 1.43. The number of carbonyl (C=O) groups is 1. The number of aliphatic hydroxyl groups is 1. The van der Waals surface area contributed by atoms with Gasteiger partial charge < -0.3 is 10.0 Å². The number of hydrogen-bond donors (Lipinski definition) is 1. The lowest BCUT2D eigenvalue weighted by Crippen LogP contribution is -2.27. The van der Waals surface area contributed by atoms with Crippen LogP contribution in [0.15, 0.2) is 24.3 Å². The Morgan fingerprint density at radius 2 is 2.28 bits per heavy atom. The first-order chi connectivity index (χ1) is 8.63. The highest BCUT2D eigenvalue weighted by Crippen LogP contribution is 2.13. The maximum atomic E-state index is 11.8. The third kappa shape index (κ3) is 5.76. The Morgan fingerprint density at radius 1 is 1.50 bits per heavy atom. The van der Waals surface area contributed by atoms with Gasteiger partial charge in [-0.3, -0.25) is 4.79 Å². The topological polar surface area (TPSA) is 40.5 Å². The molecule has 0 saturated heterocycles. The van der Waals surface area contributed by atoms with Gasteiger partial charge in [-0.05, 0) is 29.9 Å². The van der Waals surface area contributed by atoms with Gasteiger partial charge in [0.1, 0.15) is 0 Å². The number of benzene rings is 1. The molecular weight excluding hydrogens is 270 g/mol. The summed E-state index contributed by atoms with van der Waals surface area (Å²) in [6.07, 6.45) is 0.732. The summed E-state index contributed by atoms with van der Waals surface area (Å²) in [5.74, 6) is 1.36. The molecule has 3 nitrogen and oxygen atoms in total. The van der Waals surface area contributed by atoms with E-state index in [0.29, 0.717) is 17.3 Å². The van der Waals surface area contributed by atoms with E-state index in [9.17, 15) is 4.79 Å². The van der Waals surface area contributed by atoms with Crippen LogP contribution in [0, 0.1) is 0 Å². The van der Waals surface area contributed by atoms with Gasteiger partial charge in [-0.2, -0.15) is 11.8 Å². The summed E-state index contributed by atoms with van der Waals surface area (Å²) < 4.78 is 0. The Labute approximate surface area is 117 Å². The molecule has 0 unspecified atom stereocenters. The molecule has 0 radical (unpaired) electrons. The van der Waals surface area contributed by atoms with Crippen molar-refractivity contribution in [2.75, 3.05) is 25.2 Å². The van der Waals surface area contributed by atoms with Gasteiger partial charge in [-0.15, -0.1) is 0 Å². The monoisotopic (exact) mass is 287 g/mol. The molecule has 0 aliphatic carbocycles. The number of carbonyl (C=O) groups excluding carboxylic acids is 1. The average molecular weight is 288 g/mol. The van der Waals surface area contributed by atoms with Crippen LogP contribution in [-0.2, 0) is 11.3 Å². The van der Waals surface area contributed by atoms with Crippen molar-refractivity contribution in [2.24, 2.45) is 0 Å². The standard InChI is InChI=1S/C13H18ClNO2S/c1-15(13(17)10-18-7-3-6-16)9-11-4-2-5-12(14)8-11/h2,4-5,8,16H,3,6-7,9-10H2,1H3. The molecule has 0 fully saturated rings. The van der Waals surface area contributed by atoms with Crippen molar-refractivity contribution in [3.05, 3.63) is 34.9 Å². The van der Waals surface area contributed by atoms with Crippen LogP contribution >= 0.6 is 23.4 Å². The number of aliphatic hydroxyl groups excluding tert-OH is 1. The number of amides is 1. The van der Waals surface area contributed by atoms with Gasteiger partial charge in [0, 0.05) is 25.2 Å². The second-order valence-corrected chi connectivity index (χ2v) is 5.55. The third-order valence-electron chi connectivity index (χ3n) is 2.41. The number of nitrogens with zero attached hydrogens (tertiary/aromatic N) is 1. The molecule has 18 heavy (non-hydrogen) atoms. The molecule has 0 aliphatic heterocycles. The normalized spacial score (nSPS) is 10.4. The van der Waals surface area contributed by atoms with E-state index < -0.39 is 0 Å². The predicted molar refractivity (Wildman–Crippen MR) is 77.0 cm³/mol. The van der Waals surface area contributed by atoms with E-state index in [1.54, 1.807) is 23.7 Å². The quantitative estimate of drug-likeness (QED) is 0.783. The molecular formula is C13H18ClNO2S. The van der Waals surface area contributed by atoms with Crippen molar-refractivity contribution in [1.29, 1.82) is 0 Å². The number of thioether (sulfide) groups is 1. The minimum Gasteiger partial charge on any atom is -0.396 e. The Morgan fingerprint density at radius 3 is 2.94 bits per heavy atom. The maximum Gasteiger partial charge on any atom is 0.232 e. The first-order valence-electron chi connectivity index (χ1n) is 5.80. The predicted octanol–water partition coefficient (Wildman–Crippen LogP) is 2.41. The van der Waals surface area contributed by atoms with Crippen LogP contribution in [-0.4, -0.2) is 41.1 Å². The number of hydrogen-bond acceptors (Lipinski definition) is 3. The van der Waals surface area contributed by atoms with Gasteiger partial charge in [-0.25, -0.2) is 0 Å². The van der Waals surface area contributed by atoms with Gasteiger partial charge in [0.25, 0.3) is 0 Å². The SMILES string of the molecule is CN(Cc1cccc(Cl)c1)C(=O)CSCCCO. The minimum absolute atomic E-state index is 0.0953. The largest absolute Gasteiger partial charge is 0.396 e. The highest BCUT2D eigenvalue weighted by atomic mass is 35.5. The zero-order chi connectivity index (χ0) is 13.4. The molecule has 0 aromatic heterocycles. The molecule has 0 bridgehead atoms. The van der Waals surface area contributed by atoms with E-state index >= 15 is 0 Å². The Kier molecular flexibility index (Phi) is 7.16. The third-order valence-corrected chi connectivity index (χ3v) is 3.67. The van der Waals surface area contributed by atoms with Crippen LogP contribution in [0.3, 0.4) is 0 Å². The molecule has 1 rings (SSSR count). The second kappa shape index (κ2) is 8.40. The van der Waals surface area contributed by atoms with Gasteiger partial charge in [0.15, 0.2) is 0 Å². The van der Waals surface area contributed by atoms with Crippen molar-refractivity contribution in [1.82, 2.24) is 4.90 Å². The summed E-state index contributed by atoms with van der Waals surface area (Å²) in [6.45, 7) is 0.750. The fourth-order valence-corrected chi connectivity index (χ4v) is 2.52. The van der Waals surface area contributed by atoms with Gasteiger partial charge in [-0.1, -0.05) is 23.7 Å². The summed E-state index contributed by atoms with van der Waals surface area (Å²) in [5.41, 5.74) is 1.03. The highest BCUT2D eigenvalue weighted by molar-refractivity contribution is 7.99. The van der Waals surface area contributed by atoms with E-state index in [4.69, 9.17) is 16.7 Å². The van der Waals surface area contributed by atoms with E-state index in [1.807, 2.05) is 24.3 Å². The molecule has 0 saturated carbocycles. The highest BCUT2D eigenvalue weighted by Gasteiger charge is 2.09. The summed E-state index contributed by atoms with van der Waals surface area (Å²) in [4.78, 5) is 13.5. The van der Waals surface area contributed by atoms with Crippen molar-refractivity contribution in [3.8, 4) is 0 Å². The summed E-state index contributed by atoms with van der Waals surface area (Å²) in [5, 5.41) is 9.33. The molecule has 1 aromatic rings. The molecule has 0 spiro atoms. The van der Waals surface area contributed by atoms with Crippen LogP contribution in [0.4, 0.5) is 0 Å². The average Bonchev–Trinajstić information content (AvgIpc) is 2.34. The summed E-state index contributed by atoms with van der Waals surface area (Å²) >= 11 is 7.45. The number of rotatable bonds is 7.